The van der Waals surface area contributed by atoms with Crippen molar-refractivity contribution in [2.24, 2.45) is 0 Å². The van der Waals surface area contributed by atoms with E-state index in [-0.39, 0.29) is 19.0 Å². The summed E-state index contributed by atoms with van der Waals surface area (Å²) in [6, 6.07) is 13.3. The molecule has 0 bridgehead atoms. The minimum atomic E-state index is -3.51. The summed E-state index contributed by atoms with van der Waals surface area (Å²) in [7, 11) is -3.51. The van der Waals surface area contributed by atoms with Crippen molar-refractivity contribution >= 4 is 21.6 Å². The summed E-state index contributed by atoms with van der Waals surface area (Å²) in [5.74, 6) is -0.355. The highest BCUT2D eigenvalue weighted by atomic mass is 32.2. The fraction of sp³-hybridized carbons (Fsp3) is 0.316. The van der Waals surface area contributed by atoms with E-state index in [2.05, 4.69) is 5.32 Å². The predicted octanol–water partition coefficient (Wildman–Crippen LogP) is 3.01. The van der Waals surface area contributed by atoms with Crippen molar-refractivity contribution in [2.75, 3.05) is 18.1 Å². The summed E-state index contributed by atoms with van der Waals surface area (Å²) < 4.78 is 25.3. The molecule has 1 amide bonds. The molecule has 0 saturated carbocycles. The van der Waals surface area contributed by atoms with Crippen molar-refractivity contribution < 1.29 is 13.2 Å². The Morgan fingerprint density at radius 3 is 2.20 bits per heavy atom. The minimum absolute atomic E-state index is 0.166. The number of sulfonamides is 1. The summed E-state index contributed by atoms with van der Waals surface area (Å²) in [5.41, 5.74) is 4.61. The van der Waals surface area contributed by atoms with Crippen LogP contribution in [0.25, 0.3) is 0 Å². The van der Waals surface area contributed by atoms with Crippen LogP contribution in [0.1, 0.15) is 22.3 Å². The van der Waals surface area contributed by atoms with Gasteiger partial charge in [-0.05, 0) is 43.5 Å². The maximum atomic E-state index is 12.4. The molecule has 0 unspecified atom stereocenters. The molecule has 2 rings (SSSR count). The highest BCUT2D eigenvalue weighted by molar-refractivity contribution is 7.88. The largest absolute Gasteiger partial charge is 0.325 e. The second kappa shape index (κ2) is 7.80. The van der Waals surface area contributed by atoms with E-state index in [0.29, 0.717) is 5.69 Å². The predicted molar refractivity (Wildman–Crippen MR) is 101 cm³/mol. The lowest BCUT2D eigenvalue weighted by atomic mass is 10.1. The standard InChI is InChI=1S/C19H24N2O3S/c1-14-6-9-17(10-7-14)12-21(25(4,23)24)13-19(22)20-18-11-15(2)5-8-16(18)3/h5-11H,12-13H2,1-4H3,(H,20,22). The van der Waals surface area contributed by atoms with E-state index in [1.807, 2.05) is 63.2 Å². The zero-order valence-corrected chi connectivity index (χ0v) is 15.9. The first-order valence-corrected chi connectivity index (χ1v) is 9.88. The second-order valence-corrected chi connectivity index (χ2v) is 8.37. The SMILES string of the molecule is Cc1ccc(CN(CC(=O)Nc2cc(C)ccc2C)S(C)(=O)=O)cc1. The summed E-state index contributed by atoms with van der Waals surface area (Å²) in [4.78, 5) is 12.4. The maximum absolute atomic E-state index is 12.4. The minimum Gasteiger partial charge on any atom is -0.325 e. The molecule has 0 spiro atoms. The van der Waals surface area contributed by atoms with Gasteiger partial charge in [0.2, 0.25) is 15.9 Å². The molecular weight excluding hydrogens is 336 g/mol. The first-order valence-electron chi connectivity index (χ1n) is 8.03. The first-order chi connectivity index (χ1) is 11.6. The van der Waals surface area contributed by atoms with Crippen LogP contribution >= 0.6 is 0 Å². The Morgan fingerprint density at radius 2 is 1.60 bits per heavy atom. The second-order valence-electron chi connectivity index (χ2n) is 6.38. The first kappa shape index (κ1) is 19.1. The third-order valence-corrected chi connectivity index (χ3v) is 5.13. The number of nitrogens with zero attached hydrogens (tertiary/aromatic N) is 1. The number of rotatable bonds is 6. The Balaban J connectivity index is 2.12. The number of carbonyl (C=O) groups excluding carboxylic acids is 1. The van der Waals surface area contributed by atoms with Gasteiger partial charge in [-0.2, -0.15) is 4.31 Å². The lowest BCUT2D eigenvalue weighted by Crippen LogP contribution is -2.37. The third kappa shape index (κ3) is 5.69. The summed E-state index contributed by atoms with van der Waals surface area (Å²) in [6.45, 7) is 5.75. The summed E-state index contributed by atoms with van der Waals surface area (Å²) in [6.07, 6.45) is 1.12. The van der Waals surface area contributed by atoms with Crippen molar-refractivity contribution in [2.45, 2.75) is 27.3 Å². The lowest BCUT2D eigenvalue weighted by Gasteiger charge is -2.20. The van der Waals surface area contributed by atoms with E-state index in [0.717, 1.165) is 28.5 Å². The van der Waals surface area contributed by atoms with E-state index >= 15 is 0 Å². The Bertz CT molecular complexity index is 859. The highest BCUT2D eigenvalue weighted by Gasteiger charge is 2.21. The fourth-order valence-corrected chi connectivity index (χ4v) is 3.14. The molecule has 5 nitrogen and oxygen atoms in total. The van der Waals surface area contributed by atoms with Gasteiger partial charge >= 0.3 is 0 Å². The van der Waals surface area contributed by atoms with E-state index in [4.69, 9.17) is 0 Å². The average molecular weight is 360 g/mol. The maximum Gasteiger partial charge on any atom is 0.239 e. The molecule has 0 atom stereocenters. The van der Waals surface area contributed by atoms with Crippen LogP contribution in [0.3, 0.4) is 0 Å². The smallest absolute Gasteiger partial charge is 0.239 e. The van der Waals surface area contributed by atoms with E-state index in [1.165, 1.54) is 4.31 Å². The highest BCUT2D eigenvalue weighted by Crippen LogP contribution is 2.17. The van der Waals surface area contributed by atoms with Crippen LogP contribution in [0.4, 0.5) is 5.69 Å². The molecular formula is C19H24N2O3S. The van der Waals surface area contributed by atoms with Crippen LogP contribution in [0.5, 0.6) is 0 Å². The van der Waals surface area contributed by atoms with Crippen LogP contribution in [0, 0.1) is 20.8 Å². The molecule has 0 aliphatic heterocycles. The summed E-state index contributed by atoms with van der Waals surface area (Å²) in [5, 5.41) is 2.80. The number of carbonyl (C=O) groups is 1. The summed E-state index contributed by atoms with van der Waals surface area (Å²) >= 11 is 0. The number of amides is 1. The molecule has 0 heterocycles. The van der Waals surface area contributed by atoms with Gasteiger partial charge in [0.1, 0.15) is 0 Å². The number of hydrogen-bond donors (Lipinski definition) is 1. The molecule has 0 aliphatic rings. The number of hydrogen-bond acceptors (Lipinski definition) is 3. The molecule has 6 heteroatoms. The van der Waals surface area contributed by atoms with Gasteiger partial charge in [-0.25, -0.2) is 8.42 Å². The Hall–Kier alpha value is -2.18. The molecule has 0 aromatic heterocycles. The zero-order chi connectivity index (χ0) is 18.6. The molecule has 25 heavy (non-hydrogen) atoms. The molecule has 2 aromatic rings. The molecule has 0 fully saturated rings. The lowest BCUT2D eigenvalue weighted by molar-refractivity contribution is -0.116. The van der Waals surface area contributed by atoms with Crippen LogP contribution in [0.2, 0.25) is 0 Å². The van der Waals surface area contributed by atoms with Gasteiger partial charge in [0.05, 0.1) is 12.8 Å². The van der Waals surface area contributed by atoms with E-state index < -0.39 is 10.0 Å². The van der Waals surface area contributed by atoms with Crippen molar-refractivity contribution in [3.05, 3.63) is 64.7 Å². The normalized spacial score (nSPS) is 11.6. The molecule has 0 radical (unpaired) electrons. The average Bonchev–Trinajstić information content (AvgIpc) is 2.51. The third-order valence-electron chi connectivity index (χ3n) is 3.94. The Kier molecular flexibility index (Phi) is 5.98. The molecule has 0 aliphatic carbocycles. The molecule has 1 N–H and O–H groups in total. The Morgan fingerprint density at radius 1 is 1.00 bits per heavy atom. The molecule has 0 saturated heterocycles. The number of aryl methyl sites for hydroxylation is 3. The zero-order valence-electron chi connectivity index (χ0n) is 15.0. The molecule has 134 valence electrons. The van der Waals surface area contributed by atoms with Crippen molar-refractivity contribution in [1.82, 2.24) is 4.31 Å². The quantitative estimate of drug-likeness (QED) is 0.861. The van der Waals surface area contributed by atoms with Gasteiger partial charge in [-0.3, -0.25) is 4.79 Å². The van der Waals surface area contributed by atoms with Crippen molar-refractivity contribution in [1.29, 1.82) is 0 Å². The van der Waals surface area contributed by atoms with Gasteiger partial charge in [0.15, 0.2) is 0 Å². The van der Waals surface area contributed by atoms with E-state index in [1.54, 1.807) is 0 Å². The van der Waals surface area contributed by atoms with E-state index in [9.17, 15) is 13.2 Å². The number of nitrogens with one attached hydrogen (secondary N) is 1. The van der Waals surface area contributed by atoms with Gasteiger partial charge in [0, 0.05) is 12.2 Å². The number of benzene rings is 2. The van der Waals surface area contributed by atoms with Crippen molar-refractivity contribution in [3.63, 3.8) is 0 Å². The van der Waals surface area contributed by atoms with Crippen molar-refractivity contribution in [3.8, 4) is 0 Å². The van der Waals surface area contributed by atoms with Gasteiger partial charge < -0.3 is 5.32 Å². The topological polar surface area (TPSA) is 66.5 Å². The fourth-order valence-electron chi connectivity index (χ4n) is 2.41. The monoisotopic (exact) mass is 360 g/mol. The van der Waals surface area contributed by atoms with Gasteiger partial charge in [-0.15, -0.1) is 0 Å². The Labute approximate surface area is 149 Å². The van der Waals surface area contributed by atoms with Crippen LogP contribution in [0.15, 0.2) is 42.5 Å². The van der Waals surface area contributed by atoms with Gasteiger partial charge in [-0.1, -0.05) is 42.0 Å². The molecule has 2 aromatic carbocycles. The van der Waals surface area contributed by atoms with Crippen LogP contribution in [-0.4, -0.2) is 31.4 Å². The van der Waals surface area contributed by atoms with Crippen LogP contribution < -0.4 is 5.32 Å². The van der Waals surface area contributed by atoms with Gasteiger partial charge in [0.25, 0.3) is 0 Å². The van der Waals surface area contributed by atoms with Crippen LogP contribution in [-0.2, 0) is 21.4 Å². The number of anilines is 1.